The van der Waals surface area contributed by atoms with Crippen molar-refractivity contribution in [2.24, 2.45) is 5.92 Å². The Hall–Kier alpha value is -2.44. The molecular formula is C40H68O6. The minimum atomic E-state index is -0.866. The SMILES string of the molecule is CC/C=C\C/C=C\C/C=C\C/C=C\C=C\C(O)CCCC(=O)O[C@@H](CO)COC(=O)CCCCCCCCCCCCC(C)CC. The van der Waals surface area contributed by atoms with Crippen molar-refractivity contribution in [2.75, 3.05) is 13.2 Å². The van der Waals surface area contributed by atoms with Crippen molar-refractivity contribution in [3.63, 3.8) is 0 Å². The average Bonchev–Trinajstić information content (AvgIpc) is 3.05. The van der Waals surface area contributed by atoms with Gasteiger partial charge in [0.1, 0.15) is 6.61 Å². The first kappa shape index (κ1) is 43.6. The Morgan fingerprint density at radius 3 is 1.78 bits per heavy atom. The van der Waals surface area contributed by atoms with Crippen LogP contribution in [0.25, 0.3) is 0 Å². The Morgan fingerprint density at radius 1 is 0.652 bits per heavy atom. The summed E-state index contributed by atoms with van der Waals surface area (Å²) in [4.78, 5) is 24.2. The number of ether oxygens (including phenoxy) is 2. The molecule has 0 radical (unpaired) electrons. The molecule has 46 heavy (non-hydrogen) atoms. The van der Waals surface area contributed by atoms with Crippen molar-refractivity contribution in [1.29, 1.82) is 0 Å². The maximum Gasteiger partial charge on any atom is 0.306 e. The van der Waals surface area contributed by atoms with Crippen LogP contribution in [0.5, 0.6) is 0 Å². The summed E-state index contributed by atoms with van der Waals surface area (Å²) in [5.74, 6) is 0.0654. The largest absolute Gasteiger partial charge is 0.462 e. The van der Waals surface area contributed by atoms with Gasteiger partial charge in [-0.15, -0.1) is 0 Å². The molecule has 0 aliphatic rings. The highest BCUT2D eigenvalue weighted by atomic mass is 16.6. The second-order valence-electron chi connectivity index (χ2n) is 12.4. The standard InChI is InChI=1S/C40H68O6/c1-4-6-7-8-9-10-11-12-13-17-20-23-26-30-37(42)31-28-33-40(44)46-38(34-41)35-45-39(43)32-27-24-21-18-15-14-16-19-22-25-29-36(3)5-2/h6-7,9-10,12-13,20,23,26,30,36-38,41-42H,4-5,8,11,14-19,21-22,24-25,27-29,31-35H2,1-3H3/b7-6-,10-9-,13-12-,23-20-,30-26+/t36?,37?,38-/m0/s1. The fourth-order valence-electron chi connectivity index (χ4n) is 4.79. The topological polar surface area (TPSA) is 93.1 Å². The quantitative estimate of drug-likeness (QED) is 0.0338. The lowest BCUT2D eigenvalue weighted by atomic mass is 9.99. The first-order valence-corrected chi connectivity index (χ1v) is 18.3. The third-order valence-corrected chi connectivity index (χ3v) is 7.97. The van der Waals surface area contributed by atoms with Crippen LogP contribution in [0.15, 0.2) is 60.8 Å². The van der Waals surface area contributed by atoms with Crippen LogP contribution in [0.2, 0.25) is 0 Å². The zero-order valence-electron chi connectivity index (χ0n) is 29.6. The number of aliphatic hydroxyl groups excluding tert-OH is 2. The van der Waals surface area contributed by atoms with E-state index in [0.29, 0.717) is 19.3 Å². The highest BCUT2D eigenvalue weighted by Crippen LogP contribution is 2.15. The summed E-state index contributed by atoms with van der Waals surface area (Å²) in [5, 5.41) is 19.6. The molecule has 3 atom stereocenters. The van der Waals surface area contributed by atoms with Crippen LogP contribution in [0.3, 0.4) is 0 Å². The Labute approximate surface area is 282 Å². The van der Waals surface area contributed by atoms with Gasteiger partial charge in [-0.3, -0.25) is 9.59 Å². The number of aliphatic hydroxyl groups is 2. The van der Waals surface area contributed by atoms with Crippen molar-refractivity contribution in [3.8, 4) is 0 Å². The van der Waals surface area contributed by atoms with Gasteiger partial charge in [-0.2, -0.15) is 0 Å². The first-order valence-electron chi connectivity index (χ1n) is 18.3. The van der Waals surface area contributed by atoms with Crippen molar-refractivity contribution < 1.29 is 29.3 Å². The fourth-order valence-corrected chi connectivity index (χ4v) is 4.79. The Morgan fingerprint density at radius 2 is 1.20 bits per heavy atom. The van der Waals surface area contributed by atoms with Crippen LogP contribution in [0.4, 0.5) is 0 Å². The van der Waals surface area contributed by atoms with E-state index < -0.39 is 24.8 Å². The Kier molecular flexibility index (Phi) is 32.1. The van der Waals surface area contributed by atoms with Crippen LogP contribution >= 0.6 is 0 Å². The zero-order chi connectivity index (χ0) is 33.9. The van der Waals surface area contributed by atoms with Gasteiger partial charge in [0.2, 0.25) is 0 Å². The number of allylic oxidation sites excluding steroid dienone is 9. The van der Waals surface area contributed by atoms with Crippen molar-refractivity contribution in [3.05, 3.63) is 60.8 Å². The number of hydrogen-bond acceptors (Lipinski definition) is 6. The number of unbranched alkanes of at least 4 members (excludes halogenated alkanes) is 9. The van der Waals surface area contributed by atoms with Gasteiger partial charge in [-0.05, 0) is 50.9 Å². The fraction of sp³-hybridized carbons (Fsp3) is 0.700. The monoisotopic (exact) mass is 645 g/mol. The molecule has 0 aliphatic heterocycles. The van der Waals surface area contributed by atoms with Crippen LogP contribution < -0.4 is 0 Å². The molecular weight excluding hydrogens is 576 g/mol. The Bertz CT molecular complexity index is 856. The zero-order valence-corrected chi connectivity index (χ0v) is 29.6. The summed E-state index contributed by atoms with van der Waals surface area (Å²) < 4.78 is 10.5. The smallest absolute Gasteiger partial charge is 0.306 e. The highest BCUT2D eigenvalue weighted by molar-refractivity contribution is 5.70. The normalized spacial score (nSPS) is 14.3. The van der Waals surface area contributed by atoms with Gasteiger partial charge < -0.3 is 19.7 Å². The van der Waals surface area contributed by atoms with E-state index in [4.69, 9.17) is 9.47 Å². The summed E-state index contributed by atoms with van der Waals surface area (Å²) >= 11 is 0. The highest BCUT2D eigenvalue weighted by Gasteiger charge is 2.16. The van der Waals surface area contributed by atoms with E-state index in [2.05, 4.69) is 57.2 Å². The predicted octanol–water partition coefficient (Wildman–Crippen LogP) is 10.1. The molecule has 0 saturated carbocycles. The van der Waals surface area contributed by atoms with Crippen LogP contribution in [-0.2, 0) is 19.1 Å². The number of carbonyl (C=O) groups excluding carboxylic acids is 2. The molecule has 0 spiro atoms. The van der Waals surface area contributed by atoms with E-state index >= 15 is 0 Å². The van der Waals surface area contributed by atoms with Crippen molar-refractivity contribution in [1.82, 2.24) is 0 Å². The molecule has 2 N–H and O–H groups in total. The number of carbonyl (C=O) groups is 2. The Balaban J connectivity index is 3.81. The van der Waals surface area contributed by atoms with Gasteiger partial charge >= 0.3 is 11.9 Å². The molecule has 6 heteroatoms. The molecule has 264 valence electrons. The molecule has 0 rings (SSSR count). The molecule has 0 saturated heterocycles. The van der Waals surface area contributed by atoms with Gasteiger partial charge in [0, 0.05) is 12.8 Å². The minimum Gasteiger partial charge on any atom is -0.462 e. The first-order chi connectivity index (χ1) is 22.4. The lowest BCUT2D eigenvalue weighted by Crippen LogP contribution is -2.28. The summed E-state index contributed by atoms with van der Waals surface area (Å²) in [6.45, 7) is 6.20. The van der Waals surface area contributed by atoms with Gasteiger partial charge in [0.25, 0.3) is 0 Å². The summed E-state index contributed by atoms with van der Waals surface area (Å²) in [7, 11) is 0. The second-order valence-corrected chi connectivity index (χ2v) is 12.4. The third kappa shape index (κ3) is 31.5. The van der Waals surface area contributed by atoms with Gasteiger partial charge in [0.05, 0.1) is 12.7 Å². The van der Waals surface area contributed by atoms with Gasteiger partial charge in [-0.1, -0.05) is 152 Å². The van der Waals surface area contributed by atoms with E-state index in [1.165, 1.54) is 57.8 Å². The second kappa shape index (κ2) is 33.9. The molecule has 0 fully saturated rings. The van der Waals surface area contributed by atoms with Crippen LogP contribution in [-0.4, -0.2) is 47.6 Å². The number of rotatable bonds is 31. The lowest BCUT2D eigenvalue weighted by Gasteiger charge is -2.16. The molecule has 0 heterocycles. The minimum absolute atomic E-state index is 0.123. The summed E-state index contributed by atoms with van der Waals surface area (Å²) in [6.07, 6.45) is 38.7. The van der Waals surface area contributed by atoms with Crippen LogP contribution in [0.1, 0.15) is 149 Å². The molecule has 2 unspecified atom stereocenters. The average molecular weight is 645 g/mol. The van der Waals surface area contributed by atoms with Crippen molar-refractivity contribution in [2.45, 2.75) is 161 Å². The predicted molar refractivity (Wildman–Crippen MR) is 192 cm³/mol. The number of hydrogen-bond donors (Lipinski definition) is 2. The van der Waals surface area contributed by atoms with Crippen molar-refractivity contribution >= 4 is 11.9 Å². The molecule has 0 aliphatic carbocycles. The summed E-state index contributed by atoms with van der Waals surface area (Å²) in [6, 6.07) is 0. The maximum atomic E-state index is 12.1. The van der Waals surface area contributed by atoms with Gasteiger partial charge in [-0.25, -0.2) is 0 Å². The van der Waals surface area contributed by atoms with Crippen LogP contribution in [0, 0.1) is 5.92 Å². The van der Waals surface area contributed by atoms with E-state index in [1.807, 2.05) is 18.2 Å². The number of esters is 2. The van der Waals surface area contributed by atoms with E-state index in [0.717, 1.165) is 50.9 Å². The third-order valence-electron chi connectivity index (χ3n) is 7.97. The maximum absolute atomic E-state index is 12.1. The molecule has 0 aromatic heterocycles. The molecule has 0 bridgehead atoms. The molecule has 0 amide bonds. The molecule has 0 aromatic carbocycles. The summed E-state index contributed by atoms with van der Waals surface area (Å²) in [5.41, 5.74) is 0. The van der Waals surface area contributed by atoms with E-state index in [9.17, 15) is 19.8 Å². The lowest BCUT2D eigenvalue weighted by molar-refractivity contribution is -0.161. The van der Waals surface area contributed by atoms with E-state index in [1.54, 1.807) is 6.08 Å². The molecule has 6 nitrogen and oxygen atoms in total. The van der Waals surface area contributed by atoms with Gasteiger partial charge in [0.15, 0.2) is 6.10 Å². The van der Waals surface area contributed by atoms with E-state index in [-0.39, 0.29) is 19.0 Å². The molecule has 0 aromatic rings.